The number of rotatable bonds is 4. The fourth-order valence-electron chi connectivity index (χ4n) is 3.45. The van der Waals surface area contributed by atoms with Gasteiger partial charge in [0.2, 0.25) is 0 Å². The maximum absolute atomic E-state index is 13.0. The normalized spacial score (nSPS) is 14.5. The second-order valence-corrected chi connectivity index (χ2v) is 6.21. The molecule has 3 aromatic rings. The molecular weight excluding hydrogens is 330 g/mol. The fraction of sp³-hybridized carbons (Fsp3) is 0.0952. The Labute approximate surface area is 149 Å². The molecule has 2 amide bonds. The molecular formula is C21H14NO4-. The van der Waals surface area contributed by atoms with Gasteiger partial charge in [0, 0.05) is 16.5 Å². The van der Waals surface area contributed by atoms with Crippen LogP contribution in [0, 0.1) is 0 Å². The van der Waals surface area contributed by atoms with E-state index in [0.29, 0.717) is 22.1 Å². The maximum Gasteiger partial charge on any atom is 0.262 e. The van der Waals surface area contributed by atoms with E-state index in [1.165, 1.54) is 0 Å². The van der Waals surface area contributed by atoms with Gasteiger partial charge in [-0.05, 0) is 29.5 Å². The van der Waals surface area contributed by atoms with E-state index in [1.807, 2.05) is 18.2 Å². The Hall–Kier alpha value is -3.47. The predicted octanol–water partition coefficient (Wildman–Crippen LogP) is 1.80. The Morgan fingerprint density at radius 3 is 1.96 bits per heavy atom. The summed E-state index contributed by atoms with van der Waals surface area (Å²) in [5.74, 6) is -2.67. The quantitative estimate of drug-likeness (QED) is 0.676. The third kappa shape index (κ3) is 2.45. The van der Waals surface area contributed by atoms with E-state index in [0.717, 1.165) is 10.3 Å². The minimum Gasteiger partial charge on any atom is -0.548 e. The Balaban J connectivity index is 1.82. The van der Waals surface area contributed by atoms with E-state index in [2.05, 4.69) is 0 Å². The molecule has 5 heteroatoms. The molecule has 1 atom stereocenters. The van der Waals surface area contributed by atoms with Crippen molar-refractivity contribution in [3.05, 3.63) is 83.4 Å². The van der Waals surface area contributed by atoms with E-state index in [9.17, 15) is 19.5 Å². The van der Waals surface area contributed by atoms with Crippen LogP contribution in [0.1, 0.15) is 26.3 Å². The van der Waals surface area contributed by atoms with Crippen molar-refractivity contribution in [3.63, 3.8) is 0 Å². The molecule has 0 aliphatic carbocycles. The second-order valence-electron chi connectivity index (χ2n) is 6.21. The van der Waals surface area contributed by atoms with Crippen LogP contribution in [0.15, 0.2) is 66.7 Å². The van der Waals surface area contributed by atoms with Crippen LogP contribution in [-0.2, 0) is 11.2 Å². The van der Waals surface area contributed by atoms with E-state index in [4.69, 9.17) is 0 Å². The fourth-order valence-corrected chi connectivity index (χ4v) is 3.45. The molecule has 5 nitrogen and oxygen atoms in total. The van der Waals surface area contributed by atoms with Crippen LogP contribution in [0.2, 0.25) is 0 Å². The zero-order valence-electron chi connectivity index (χ0n) is 13.7. The number of carbonyl (C=O) groups excluding carboxylic acids is 3. The maximum atomic E-state index is 13.0. The van der Waals surface area contributed by atoms with Crippen molar-refractivity contribution < 1.29 is 19.5 Å². The van der Waals surface area contributed by atoms with Gasteiger partial charge in [-0.25, -0.2) is 0 Å². The summed E-state index contributed by atoms with van der Waals surface area (Å²) >= 11 is 0. The predicted molar refractivity (Wildman–Crippen MR) is 93.4 cm³/mol. The molecule has 0 spiro atoms. The van der Waals surface area contributed by atoms with Gasteiger partial charge in [-0.15, -0.1) is 0 Å². The Kier molecular flexibility index (Phi) is 3.77. The van der Waals surface area contributed by atoms with Gasteiger partial charge in [0.05, 0.1) is 12.0 Å². The molecule has 1 aliphatic rings. The average Bonchev–Trinajstić information content (AvgIpc) is 2.66. The van der Waals surface area contributed by atoms with E-state index in [-0.39, 0.29) is 6.42 Å². The summed E-state index contributed by atoms with van der Waals surface area (Å²) in [6, 6.07) is 17.8. The minimum atomic E-state index is -1.46. The van der Waals surface area contributed by atoms with Crippen LogP contribution in [0.25, 0.3) is 10.8 Å². The lowest BCUT2D eigenvalue weighted by molar-refractivity contribution is -0.310. The number of imide groups is 1. The molecule has 0 fully saturated rings. The highest BCUT2D eigenvalue weighted by Gasteiger charge is 2.37. The molecule has 0 radical (unpaired) electrons. The van der Waals surface area contributed by atoms with Crippen LogP contribution in [0.5, 0.6) is 0 Å². The van der Waals surface area contributed by atoms with Crippen LogP contribution in [0.4, 0.5) is 0 Å². The average molecular weight is 344 g/mol. The third-order valence-electron chi connectivity index (χ3n) is 4.66. The van der Waals surface area contributed by atoms with Gasteiger partial charge >= 0.3 is 0 Å². The molecule has 0 N–H and O–H groups in total. The lowest BCUT2D eigenvalue weighted by Crippen LogP contribution is -2.55. The van der Waals surface area contributed by atoms with Crippen molar-refractivity contribution >= 4 is 28.6 Å². The first kappa shape index (κ1) is 16.0. The summed E-state index contributed by atoms with van der Waals surface area (Å²) in [6.45, 7) is 0. The van der Waals surface area contributed by atoms with Crippen molar-refractivity contribution in [2.75, 3.05) is 0 Å². The summed E-state index contributed by atoms with van der Waals surface area (Å²) < 4.78 is 0. The van der Waals surface area contributed by atoms with Gasteiger partial charge < -0.3 is 9.90 Å². The van der Waals surface area contributed by atoms with Crippen molar-refractivity contribution in [2.24, 2.45) is 0 Å². The molecule has 1 heterocycles. The van der Waals surface area contributed by atoms with Crippen molar-refractivity contribution in [2.45, 2.75) is 12.5 Å². The van der Waals surface area contributed by atoms with Crippen molar-refractivity contribution in [3.8, 4) is 0 Å². The highest BCUT2D eigenvalue weighted by molar-refractivity contribution is 6.26. The molecule has 26 heavy (non-hydrogen) atoms. The topological polar surface area (TPSA) is 77.5 Å². The number of amides is 2. The number of benzene rings is 3. The Morgan fingerprint density at radius 2 is 1.42 bits per heavy atom. The van der Waals surface area contributed by atoms with E-state index in [1.54, 1.807) is 48.5 Å². The molecule has 0 saturated heterocycles. The minimum absolute atomic E-state index is 0.00119. The first-order chi connectivity index (χ1) is 12.6. The van der Waals surface area contributed by atoms with E-state index < -0.39 is 23.8 Å². The number of carboxylic acid groups (broad SMARTS) is 1. The lowest BCUT2D eigenvalue weighted by atomic mass is 9.92. The number of hydrogen-bond donors (Lipinski definition) is 0. The van der Waals surface area contributed by atoms with Crippen LogP contribution in [-0.4, -0.2) is 28.7 Å². The van der Waals surface area contributed by atoms with Gasteiger partial charge in [-0.3, -0.25) is 14.5 Å². The SMILES string of the molecule is O=C([O-])[C@H](Cc1ccccc1)N1C(=O)c2cccc3cccc(c23)C1=O. The van der Waals surface area contributed by atoms with Crippen molar-refractivity contribution in [1.82, 2.24) is 4.90 Å². The molecule has 0 aromatic heterocycles. The largest absolute Gasteiger partial charge is 0.548 e. The zero-order valence-corrected chi connectivity index (χ0v) is 13.7. The highest BCUT2D eigenvalue weighted by atomic mass is 16.4. The molecule has 3 aromatic carbocycles. The van der Waals surface area contributed by atoms with Gasteiger partial charge in [-0.1, -0.05) is 54.6 Å². The zero-order chi connectivity index (χ0) is 18.3. The van der Waals surface area contributed by atoms with Crippen molar-refractivity contribution in [1.29, 1.82) is 0 Å². The van der Waals surface area contributed by atoms with Gasteiger partial charge in [0.25, 0.3) is 11.8 Å². The molecule has 0 bridgehead atoms. The monoisotopic (exact) mass is 344 g/mol. The van der Waals surface area contributed by atoms with Crippen LogP contribution < -0.4 is 5.11 Å². The number of nitrogens with zero attached hydrogens (tertiary/aromatic N) is 1. The first-order valence-corrected chi connectivity index (χ1v) is 8.22. The summed E-state index contributed by atoms with van der Waals surface area (Å²) in [6.07, 6.45) is -0.00119. The summed E-state index contributed by atoms with van der Waals surface area (Å²) in [5, 5.41) is 13.1. The molecule has 0 saturated carbocycles. The van der Waals surface area contributed by atoms with Gasteiger partial charge in [0.15, 0.2) is 0 Å². The van der Waals surface area contributed by atoms with E-state index >= 15 is 0 Å². The van der Waals surface area contributed by atoms with Gasteiger partial charge in [0.1, 0.15) is 0 Å². The van der Waals surface area contributed by atoms with Crippen LogP contribution >= 0.6 is 0 Å². The number of carboxylic acids is 1. The second kappa shape index (κ2) is 6.11. The summed E-state index contributed by atoms with van der Waals surface area (Å²) in [5.41, 5.74) is 1.37. The highest BCUT2D eigenvalue weighted by Crippen LogP contribution is 2.31. The molecule has 128 valence electrons. The first-order valence-electron chi connectivity index (χ1n) is 8.22. The number of aliphatic carboxylic acids is 1. The summed E-state index contributed by atoms with van der Waals surface area (Å²) in [4.78, 5) is 38.5. The number of carbonyl (C=O) groups is 3. The standard InChI is InChI=1S/C21H15NO4/c23-19-15-10-4-8-14-9-5-11-16(18(14)15)20(24)22(19)17(21(25)26)12-13-6-2-1-3-7-13/h1-11,17H,12H2,(H,25,26)/p-1/t17-/m0/s1. The molecule has 1 aliphatic heterocycles. The number of hydrogen-bond acceptors (Lipinski definition) is 4. The Morgan fingerprint density at radius 1 is 0.846 bits per heavy atom. The van der Waals surface area contributed by atoms with Crippen LogP contribution in [0.3, 0.4) is 0 Å². The van der Waals surface area contributed by atoms with Gasteiger partial charge in [-0.2, -0.15) is 0 Å². The third-order valence-corrected chi connectivity index (χ3v) is 4.66. The molecule has 0 unspecified atom stereocenters. The molecule has 4 rings (SSSR count). The Bertz CT molecular complexity index is 992. The smallest absolute Gasteiger partial charge is 0.262 e. The lowest BCUT2D eigenvalue weighted by Gasteiger charge is -2.34. The summed E-state index contributed by atoms with van der Waals surface area (Å²) in [7, 11) is 0.